The molecule has 0 aliphatic rings. The number of nitrogens with two attached hydrogens (primary N) is 1. The third-order valence-electron chi connectivity index (χ3n) is 2.58. The van der Waals surface area contributed by atoms with Crippen molar-refractivity contribution in [1.29, 1.82) is 0 Å². The smallest absolute Gasteiger partial charge is 0.162 e. The van der Waals surface area contributed by atoms with Gasteiger partial charge in [-0.25, -0.2) is 15.0 Å². The van der Waals surface area contributed by atoms with Crippen molar-refractivity contribution in [1.82, 2.24) is 15.0 Å². The van der Waals surface area contributed by atoms with Crippen molar-refractivity contribution in [2.75, 3.05) is 18.1 Å². The van der Waals surface area contributed by atoms with Crippen LogP contribution in [0.4, 0.5) is 11.6 Å². The summed E-state index contributed by atoms with van der Waals surface area (Å²) in [6.07, 6.45) is 1.66. The largest absolute Gasteiger partial charge is 0.384 e. The SMILES string of the molecule is CC.CNc1nc(-c2ccnc(N)c2)nc2ccsc12. The second kappa shape index (κ2) is 6.29. The summed E-state index contributed by atoms with van der Waals surface area (Å²) >= 11 is 1.62. The van der Waals surface area contributed by atoms with Crippen molar-refractivity contribution >= 4 is 33.2 Å². The Kier molecular flexibility index (Phi) is 4.47. The second-order valence-corrected chi connectivity index (χ2v) is 4.67. The number of nitrogen functional groups attached to an aromatic ring is 1. The van der Waals surface area contributed by atoms with Gasteiger partial charge in [0.05, 0.1) is 10.2 Å². The number of hydrogen-bond acceptors (Lipinski definition) is 6. The molecule has 0 bridgehead atoms. The van der Waals surface area contributed by atoms with Gasteiger partial charge < -0.3 is 11.1 Å². The zero-order chi connectivity index (χ0) is 14.5. The summed E-state index contributed by atoms with van der Waals surface area (Å²) in [7, 11) is 1.85. The number of nitrogens with zero attached hydrogens (tertiary/aromatic N) is 3. The van der Waals surface area contributed by atoms with Gasteiger partial charge >= 0.3 is 0 Å². The summed E-state index contributed by atoms with van der Waals surface area (Å²) in [5.74, 6) is 1.95. The molecular weight excluding hydrogens is 270 g/mol. The maximum absolute atomic E-state index is 5.68. The molecule has 0 spiro atoms. The molecule has 0 aliphatic heterocycles. The molecule has 104 valence electrons. The van der Waals surface area contributed by atoms with E-state index in [0.29, 0.717) is 11.6 Å². The van der Waals surface area contributed by atoms with Crippen LogP contribution in [0, 0.1) is 0 Å². The predicted octanol–water partition coefficient (Wildman–Crippen LogP) is 3.40. The molecule has 20 heavy (non-hydrogen) atoms. The number of fused-ring (bicyclic) bond motifs is 1. The minimum atomic E-state index is 0.465. The van der Waals surface area contributed by atoms with Crippen LogP contribution in [-0.4, -0.2) is 22.0 Å². The number of pyridine rings is 1. The van der Waals surface area contributed by atoms with Gasteiger partial charge in [0.15, 0.2) is 5.82 Å². The quantitative estimate of drug-likeness (QED) is 0.755. The van der Waals surface area contributed by atoms with Crippen LogP contribution < -0.4 is 11.1 Å². The van der Waals surface area contributed by atoms with Crippen LogP contribution in [0.25, 0.3) is 21.6 Å². The first-order valence-electron chi connectivity index (χ1n) is 6.43. The van der Waals surface area contributed by atoms with E-state index in [1.54, 1.807) is 23.6 Å². The van der Waals surface area contributed by atoms with Gasteiger partial charge in [0, 0.05) is 18.8 Å². The van der Waals surface area contributed by atoms with E-state index in [0.717, 1.165) is 21.6 Å². The van der Waals surface area contributed by atoms with Gasteiger partial charge in [-0.05, 0) is 23.6 Å². The molecule has 0 aliphatic carbocycles. The van der Waals surface area contributed by atoms with Crippen molar-refractivity contribution in [3.63, 3.8) is 0 Å². The van der Waals surface area contributed by atoms with Gasteiger partial charge in [-0.2, -0.15) is 0 Å². The average Bonchev–Trinajstić information content (AvgIpc) is 2.96. The molecule has 0 fully saturated rings. The van der Waals surface area contributed by atoms with E-state index in [4.69, 9.17) is 5.73 Å². The Morgan fingerprint density at radius 1 is 1.20 bits per heavy atom. The fourth-order valence-corrected chi connectivity index (χ4v) is 2.58. The Morgan fingerprint density at radius 3 is 2.70 bits per heavy atom. The molecule has 0 amide bonds. The fraction of sp³-hybridized carbons (Fsp3) is 0.214. The molecule has 5 nitrogen and oxygen atoms in total. The fourth-order valence-electron chi connectivity index (χ4n) is 1.75. The van der Waals surface area contributed by atoms with Crippen LogP contribution in [0.15, 0.2) is 29.8 Å². The Labute approximate surface area is 121 Å². The van der Waals surface area contributed by atoms with Gasteiger partial charge in [0.2, 0.25) is 0 Å². The highest BCUT2D eigenvalue weighted by atomic mass is 32.1. The van der Waals surface area contributed by atoms with E-state index in [2.05, 4.69) is 20.3 Å². The molecule has 0 atom stereocenters. The van der Waals surface area contributed by atoms with Crippen molar-refractivity contribution in [3.8, 4) is 11.4 Å². The highest BCUT2D eigenvalue weighted by Gasteiger charge is 2.09. The predicted molar refractivity (Wildman–Crippen MR) is 86.0 cm³/mol. The topological polar surface area (TPSA) is 76.7 Å². The van der Waals surface area contributed by atoms with E-state index in [9.17, 15) is 0 Å². The number of aromatic nitrogens is 3. The van der Waals surface area contributed by atoms with Gasteiger partial charge in [0.25, 0.3) is 0 Å². The summed E-state index contributed by atoms with van der Waals surface area (Å²) in [5.41, 5.74) is 7.48. The van der Waals surface area contributed by atoms with E-state index < -0.39 is 0 Å². The van der Waals surface area contributed by atoms with Crippen LogP contribution in [0.5, 0.6) is 0 Å². The molecule has 0 saturated heterocycles. The summed E-state index contributed by atoms with van der Waals surface area (Å²) in [6, 6.07) is 5.60. The molecule has 0 radical (unpaired) electrons. The van der Waals surface area contributed by atoms with Crippen molar-refractivity contribution in [3.05, 3.63) is 29.8 Å². The van der Waals surface area contributed by atoms with Crippen molar-refractivity contribution < 1.29 is 0 Å². The van der Waals surface area contributed by atoms with Crippen LogP contribution >= 0.6 is 11.3 Å². The summed E-state index contributed by atoms with van der Waals surface area (Å²) < 4.78 is 1.06. The van der Waals surface area contributed by atoms with Gasteiger partial charge in [-0.15, -0.1) is 11.3 Å². The number of rotatable bonds is 2. The lowest BCUT2D eigenvalue weighted by atomic mass is 10.2. The monoisotopic (exact) mass is 287 g/mol. The molecule has 0 unspecified atom stereocenters. The summed E-state index contributed by atoms with van der Waals surface area (Å²) in [4.78, 5) is 13.0. The number of anilines is 2. The first-order chi connectivity index (χ1) is 9.78. The van der Waals surface area contributed by atoms with E-state index >= 15 is 0 Å². The van der Waals surface area contributed by atoms with E-state index in [-0.39, 0.29) is 0 Å². The Bertz CT molecular complexity index is 708. The lowest BCUT2D eigenvalue weighted by Gasteiger charge is -2.05. The summed E-state index contributed by atoms with van der Waals surface area (Å²) in [6.45, 7) is 4.00. The summed E-state index contributed by atoms with van der Waals surface area (Å²) in [5, 5.41) is 5.10. The molecule has 0 saturated carbocycles. The van der Waals surface area contributed by atoms with Crippen molar-refractivity contribution in [2.24, 2.45) is 0 Å². The standard InChI is InChI=1S/C12H11N5S.C2H6/c1-14-12-10-8(3-5-18-10)16-11(17-12)7-2-4-15-9(13)6-7;1-2/h2-6H,1H3,(H2,13,15)(H,14,16,17);1-2H3. The van der Waals surface area contributed by atoms with Gasteiger partial charge in [-0.3, -0.25) is 0 Å². The molecule has 3 aromatic heterocycles. The molecule has 3 heterocycles. The maximum Gasteiger partial charge on any atom is 0.162 e. The highest BCUT2D eigenvalue weighted by molar-refractivity contribution is 7.17. The number of hydrogen-bond donors (Lipinski definition) is 2. The molecule has 3 aromatic rings. The van der Waals surface area contributed by atoms with E-state index in [1.165, 1.54) is 0 Å². The number of nitrogens with one attached hydrogen (secondary N) is 1. The van der Waals surface area contributed by atoms with Crippen molar-refractivity contribution in [2.45, 2.75) is 13.8 Å². The van der Waals surface area contributed by atoms with E-state index in [1.807, 2.05) is 38.4 Å². The Hall–Kier alpha value is -2.21. The van der Waals surface area contributed by atoms with Crippen LogP contribution in [0.3, 0.4) is 0 Å². The van der Waals surface area contributed by atoms with Crippen LogP contribution in [0.2, 0.25) is 0 Å². The molecule has 3 rings (SSSR count). The Balaban J connectivity index is 0.000000704. The molecule has 3 N–H and O–H groups in total. The zero-order valence-electron chi connectivity index (χ0n) is 11.7. The minimum Gasteiger partial charge on any atom is -0.384 e. The third kappa shape index (κ3) is 2.70. The van der Waals surface area contributed by atoms with Crippen LogP contribution in [0.1, 0.15) is 13.8 Å². The lowest BCUT2D eigenvalue weighted by Crippen LogP contribution is -1.98. The highest BCUT2D eigenvalue weighted by Crippen LogP contribution is 2.28. The van der Waals surface area contributed by atoms with Gasteiger partial charge in [-0.1, -0.05) is 13.8 Å². The van der Waals surface area contributed by atoms with Crippen LogP contribution in [-0.2, 0) is 0 Å². The molecule has 0 aromatic carbocycles. The third-order valence-corrected chi connectivity index (χ3v) is 3.49. The second-order valence-electron chi connectivity index (χ2n) is 3.75. The number of thiophene rings is 1. The molecular formula is C14H17N5S. The normalized spacial score (nSPS) is 9.95. The first-order valence-corrected chi connectivity index (χ1v) is 7.31. The maximum atomic E-state index is 5.68. The lowest BCUT2D eigenvalue weighted by molar-refractivity contribution is 1.21. The average molecular weight is 287 g/mol. The first kappa shape index (κ1) is 14.2. The molecule has 6 heteroatoms. The van der Waals surface area contributed by atoms with Gasteiger partial charge in [0.1, 0.15) is 11.6 Å². The minimum absolute atomic E-state index is 0.465. The Morgan fingerprint density at radius 2 is 2.00 bits per heavy atom. The zero-order valence-corrected chi connectivity index (χ0v) is 12.5.